The van der Waals surface area contributed by atoms with E-state index in [1.807, 2.05) is 36.4 Å². The number of unbranched alkanes of at least 4 members (excludes halogenated alkanes) is 1. The predicted octanol–water partition coefficient (Wildman–Crippen LogP) is 4.74. The van der Waals surface area contributed by atoms with Crippen LogP contribution in [-0.2, 0) is 14.3 Å². The average molecular weight is 588 g/mol. The van der Waals surface area contributed by atoms with Gasteiger partial charge in [0.05, 0.1) is 24.5 Å². The summed E-state index contributed by atoms with van der Waals surface area (Å²) in [5.74, 6) is -0.421. The first kappa shape index (κ1) is 31.6. The summed E-state index contributed by atoms with van der Waals surface area (Å²) >= 11 is 0. The van der Waals surface area contributed by atoms with E-state index in [0.29, 0.717) is 36.3 Å². The highest BCUT2D eigenvalue weighted by molar-refractivity contribution is 6.05. The highest BCUT2D eigenvalue weighted by Crippen LogP contribution is 2.29. The smallest absolute Gasteiger partial charge is 0.311 e. The second kappa shape index (κ2) is 16.4. The number of carbonyl (C=O) groups is 3. The Morgan fingerprint density at radius 1 is 0.930 bits per heavy atom. The molecule has 4 rings (SSSR count). The van der Waals surface area contributed by atoms with Crippen LogP contribution >= 0.6 is 0 Å². The van der Waals surface area contributed by atoms with E-state index in [1.54, 1.807) is 60.7 Å². The number of carbonyl (C=O) groups excluding carboxylic acids is 3. The van der Waals surface area contributed by atoms with Crippen LogP contribution in [0.25, 0.3) is 0 Å². The van der Waals surface area contributed by atoms with E-state index >= 15 is 0 Å². The van der Waals surface area contributed by atoms with E-state index in [0.717, 1.165) is 0 Å². The lowest BCUT2D eigenvalue weighted by Gasteiger charge is -2.22. The van der Waals surface area contributed by atoms with Crippen LogP contribution in [0, 0.1) is 5.92 Å². The Bertz CT molecular complexity index is 1360. The molecule has 0 radical (unpaired) electrons. The maximum absolute atomic E-state index is 12.5. The molecule has 4 atom stereocenters. The third kappa shape index (κ3) is 9.89. The Hall–Kier alpha value is -4.31. The predicted molar refractivity (Wildman–Crippen MR) is 161 cm³/mol. The molecule has 0 aliphatic heterocycles. The molecule has 0 spiro atoms. The second-order valence-corrected chi connectivity index (χ2v) is 10.3. The number of para-hydroxylation sites is 3. The summed E-state index contributed by atoms with van der Waals surface area (Å²) in [6.07, 6.45) is 2.88. The number of ether oxygens (including phenoxy) is 3. The van der Waals surface area contributed by atoms with Gasteiger partial charge in [0.2, 0.25) is 0 Å². The minimum Gasteiger partial charge on any atom is -0.491 e. The lowest BCUT2D eigenvalue weighted by molar-refractivity contribution is -0.134. The Balaban J connectivity index is 1.17. The summed E-state index contributed by atoms with van der Waals surface area (Å²) in [5.41, 5.74) is 0.897. The van der Waals surface area contributed by atoms with Crippen LogP contribution in [0.5, 0.6) is 11.5 Å². The largest absolute Gasteiger partial charge is 0.491 e. The quantitative estimate of drug-likeness (QED) is 0.101. The van der Waals surface area contributed by atoms with E-state index in [4.69, 9.17) is 14.2 Å². The van der Waals surface area contributed by atoms with E-state index < -0.39 is 30.2 Å². The highest BCUT2D eigenvalue weighted by atomic mass is 16.5. The second-order valence-electron chi connectivity index (χ2n) is 10.3. The first-order valence-corrected chi connectivity index (χ1v) is 14.4. The number of aliphatic hydroxyl groups excluding tert-OH is 2. The molecule has 1 fully saturated rings. The molecule has 43 heavy (non-hydrogen) atoms. The van der Waals surface area contributed by atoms with Crippen molar-refractivity contribution in [1.82, 2.24) is 0 Å². The zero-order valence-electron chi connectivity index (χ0n) is 23.8. The summed E-state index contributed by atoms with van der Waals surface area (Å²) in [4.78, 5) is 37.4. The van der Waals surface area contributed by atoms with Crippen molar-refractivity contribution in [3.8, 4) is 11.5 Å². The normalized spacial score (nSPS) is 18.8. The summed E-state index contributed by atoms with van der Waals surface area (Å²) < 4.78 is 16.8. The number of hydrogen-bond acceptors (Lipinski definition) is 8. The fourth-order valence-electron chi connectivity index (χ4n) is 4.74. The van der Waals surface area contributed by atoms with Crippen molar-refractivity contribution >= 4 is 23.3 Å². The number of rotatable bonds is 15. The van der Waals surface area contributed by atoms with Gasteiger partial charge in [-0.15, -0.1) is 0 Å². The Labute approximate surface area is 251 Å². The molecular formula is C34H37NO8. The Morgan fingerprint density at radius 2 is 1.63 bits per heavy atom. The Kier molecular flexibility index (Phi) is 12.0. The molecule has 226 valence electrons. The number of nitrogens with one attached hydrogen (secondary N) is 1. The first-order valence-electron chi connectivity index (χ1n) is 14.4. The van der Waals surface area contributed by atoms with Gasteiger partial charge < -0.3 is 29.7 Å². The van der Waals surface area contributed by atoms with Crippen LogP contribution in [0.1, 0.15) is 42.5 Å². The molecule has 3 N–H and O–H groups in total. The molecule has 9 nitrogen and oxygen atoms in total. The van der Waals surface area contributed by atoms with Gasteiger partial charge in [-0.1, -0.05) is 60.7 Å². The maximum Gasteiger partial charge on any atom is 0.311 e. The number of Topliss-reactive ketones (excluding diaryl/α,β-unsaturated/α-hetero) is 1. The molecule has 1 saturated carbocycles. The van der Waals surface area contributed by atoms with Gasteiger partial charge in [0.25, 0.3) is 5.91 Å². The molecule has 1 aliphatic rings. The third-order valence-electron chi connectivity index (χ3n) is 6.97. The monoisotopic (exact) mass is 587 g/mol. The SMILES string of the molecule is O=C(CCCC=CC[C@H]1C(=O)C[C@@H](O)[C@@H]1OCC(O)COc1ccccc1)Oc1ccccc1NC(=O)c1ccccc1. The fraction of sp³-hybridized carbons (Fsp3) is 0.324. The molecule has 0 heterocycles. The van der Waals surface area contributed by atoms with Crippen molar-refractivity contribution in [1.29, 1.82) is 0 Å². The van der Waals surface area contributed by atoms with E-state index in [1.165, 1.54) is 0 Å². The molecule has 3 aromatic carbocycles. The van der Waals surface area contributed by atoms with Crippen LogP contribution in [0.15, 0.2) is 97.1 Å². The molecule has 1 aliphatic carbocycles. The Morgan fingerprint density at radius 3 is 2.40 bits per heavy atom. The van der Waals surface area contributed by atoms with Crippen molar-refractivity contribution < 1.29 is 38.8 Å². The molecule has 9 heteroatoms. The number of allylic oxidation sites excluding steroid dienone is 2. The number of hydrogen-bond donors (Lipinski definition) is 3. The van der Waals surface area contributed by atoms with Crippen LogP contribution < -0.4 is 14.8 Å². The van der Waals surface area contributed by atoms with Crippen molar-refractivity contribution in [2.45, 2.75) is 50.4 Å². The third-order valence-corrected chi connectivity index (χ3v) is 6.97. The summed E-state index contributed by atoms with van der Waals surface area (Å²) in [6.45, 7) is -0.0368. The van der Waals surface area contributed by atoms with Gasteiger partial charge in [0.1, 0.15) is 24.2 Å². The van der Waals surface area contributed by atoms with Crippen molar-refractivity contribution in [2.75, 3.05) is 18.5 Å². The van der Waals surface area contributed by atoms with Crippen molar-refractivity contribution in [3.63, 3.8) is 0 Å². The molecule has 1 amide bonds. The minimum absolute atomic E-state index is 0.0128. The number of aliphatic hydroxyl groups is 2. The van der Waals surface area contributed by atoms with E-state index in [9.17, 15) is 24.6 Å². The van der Waals surface area contributed by atoms with E-state index in [2.05, 4.69) is 5.32 Å². The number of amides is 1. The van der Waals surface area contributed by atoms with Crippen molar-refractivity contribution in [2.24, 2.45) is 5.92 Å². The maximum atomic E-state index is 12.5. The standard InChI is InChI=1S/C34H37NO8/c36-25(22-41-26-15-7-4-8-16-26)23-42-33-27(29(37)21-30(33)38)17-9-1-2-10-20-32(39)43-31-19-12-11-18-28(31)35-34(40)24-13-5-3-6-14-24/h1,3-9,11-16,18-19,25,27,30,33,36,38H,2,10,17,20-23H2,(H,35,40)/t25?,27-,30+,33+/m0/s1. The van der Waals surface area contributed by atoms with Crippen LogP contribution in [0.3, 0.4) is 0 Å². The molecule has 0 aromatic heterocycles. The van der Waals surface area contributed by atoms with Crippen LogP contribution in [-0.4, -0.2) is 59.4 Å². The minimum atomic E-state index is -0.928. The summed E-state index contributed by atoms with van der Waals surface area (Å²) in [5, 5.41) is 23.4. The highest BCUT2D eigenvalue weighted by Gasteiger charge is 2.41. The van der Waals surface area contributed by atoms with Crippen molar-refractivity contribution in [3.05, 3.63) is 103 Å². The van der Waals surface area contributed by atoms with Gasteiger partial charge in [-0.25, -0.2) is 0 Å². The summed E-state index contributed by atoms with van der Waals surface area (Å²) in [6, 6.07) is 24.6. The van der Waals surface area contributed by atoms with Gasteiger partial charge in [-0.2, -0.15) is 0 Å². The molecular weight excluding hydrogens is 550 g/mol. The zero-order valence-corrected chi connectivity index (χ0v) is 23.8. The van der Waals surface area contributed by atoms with Gasteiger partial charge in [0, 0.05) is 24.3 Å². The van der Waals surface area contributed by atoms with Gasteiger partial charge in [-0.05, 0) is 55.7 Å². The molecule has 3 aromatic rings. The van der Waals surface area contributed by atoms with Crippen LogP contribution in [0.4, 0.5) is 5.69 Å². The van der Waals surface area contributed by atoms with Gasteiger partial charge >= 0.3 is 5.97 Å². The number of esters is 1. The average Bonchev–Trinajstić information content (AvgIpc) is 3.29. The van der Waals surface area contributed by atoms with Crippen LogP contribution in [0.2, 0.25) is 0 Å². The lowest BCUT2D eigenvalue weighted by Crippen LogP contribution is -2.34. The topological polar surface area (TPSA) is 131 Å². The molecule has 1 unspecified atom stereocenters. The number of benzene rings is 3. The zero-order chi connectivity index (χ0) is 30.4. The molecule has 0 bridgehead atoms. The van der Waals surface area contributed by atoms with Gasteiger partial charge in [0.15, 0.2) is 5.75 Å². The van der Waals surface area contributed by atoms with Gasteiger partial charge in [-0.3, -0.25) is 14.4 Å². The lowest BCUT2D eigenvalue weighted by atomic mass is 9.99. The fourth-order valence-corrected chi connectivity index (χ4v) is 4.74. The van der Waals surface area contributed by atoms with E-state index in [-0.39, 0.29) is 43.5 Å². The number of anilines is 1. The number of ketones is 1. The molecule has 0 saturated heterocycles. The summed E-state index contributed by atoms with van der Waals surface area (Å²) in [7, 11) is 0. The first-order chi connectivity index (χ1) is 20.9.